The highest BCUT2D eigenvalue weighted by atomic mass is 16.1. The molecule has 0 fully saturated rings. The van der Waals surface area contributed by atoms with Crippen molar-refractivity contribution in [2.45, 2.75) is 6.54 Å². The number of anilines is 2. The van der Waals surface area contributed by atoms with Crippen molar-refractivity contribution < 1.29 is 4.79 Å². The summed E-state index contributed by atoms with van der Waals surface area (Å²) in [6.07, 6.45) is 6.42. The SMILES string of the molecule is CN(C)c1ncc(CN(C)c2cncc(C(N)=O)n2)cn1. The number of hydrogen-bond acceptors (Lipinski definition) is 7. The number of carbonyl (C=O) groups is 1. The molecule has 2 N–H and O–H groups in total. The van der Waals surface area contributed by atoms with Crippen LogP contribution >= 0.6 is 0 Å². The van der Waals surface area contributed by atoms with Crippen molar-refractivity contribution in [2.75, 3.05) is 30.9 Å². The minimum absolute atomic E-state index is 0.138. The molecule has 0 bridgehead atoms. The van der Waals surface area contributed by atoms with Crippen molar-refractivity contribution >= 4 is 17.7 Å². The Bertz CT molecular complexity index is 627. The van der Waals surface area contributed by atoms with E-state index >= 15 is 0 Å². The zero-order chi connectivity index (χ0) is 15.4. The standard InChI is InChI=1S/C13H17N7O/c1-19(2)13-16-4-9(5-17-13)8-20(3)11-7-15-6-10(18-11)12(14)21/h4-7H,8H2,1-3H3,(H2,14,21). The quantitative estimate of drug-likeness (QED) is 0.830. The molecule has 2 heterocycles. The summed E-state index contributed by atoms with van der Waals surface area (Å²) in [6, 6.07) is 0. The van der Waals surface area contributed by atoms with Gasteiger partial charge in [-0.1, -0.05) is 0 Å². The van der Waals surface area contributed by atoms with Gasteiger partial charge in [0.15, 0.2) is 0 Å². The highest BCUT2D eigenvalue weighted by molar-refractivity contribution is 5.90. The molecule has 2 aromatic heterocycles. The lowest BCUT2D eigenvalue weighted by Crippen LogP contribution is -2.21. The topological polar surface area (TPSA) is 101 Å². The summed E-state index contributed by atoms with van der Waals surface area (Å²) in [5.74, 6) is 0.608. The van der Waals surface area contributed by atoms with E-state index < -0.39 is 5.91 Å². The maximum absolute atomic E-state index is 11.1. The molecule has 0 unspecified atom stereocenters. The van der Waals surface area contributed by atoms with Gasteiger partial charge in [-0.15, -0.1) is 0 Å². The third-order valence-electron chi connectivity index (χ3n) is 2.78. The van der Waals surface area contributed by atoms with Crippen LogP contribution < -0.4 is 15.5 Å². The lowest BCUT2D eigenvalue weighted by molar-refractivity contribution is 0.0995. The predicted molar refractivity (Wildman–Crippen MR) is 79.0 cm³/mol. The van der Waals surface area contributed by atoms with Gasteiger partial charge in [0.1, 0.15) is 11.5 Å². The van der Waals surface area contributed by atoms with E-state index in [0.29, 0.717) is 18.3 Å². The van der Waals surface area contributed by atoms with Gasteiger partial charge in [-0.25, -0.2) is 15.0 Å². The lowest BCUT2D eigenvalue weighted by atomic mass is 10.3. The second-order valence-corrected chi connectivity index (χ2v) is 4.77. The third-order valence-corrected chi connectivity index (χ3v) is 2.78. The number of amides is 1. The Morgan fingerprint density at radius 3 is 2.38 bits per heavy atom. The van der Waals surface area contributed by atoms with Crippen LogP contribution in [0, 0.1) is 0 Å². The van der Waals surface area contributed by atoms with Gasteiger partial charge in [-0.3, -0.25) is 9.78 Å². The molecule has 0 atom stereocenters. The molecule has 0 aromatic carbocycles. The number of rotatable bonds is 5. The number of primary amides is 1. The van der Waals surface area contributed by atoms with Gasteiger partial charge >= 0.3 is 0 Å². The molecule has 21 heavy (non-hydrogen) atoms. The lowest BCUT2D eigenvalue weighted by Gasteiger charge is -2.18. The minimum Gasteiger partial charge on any atom is -0.364 e. The Kier molecular flexibility index (Phi) is 4.27. The van der Waals surface area contributed by atoms with Crippen molar-refractivity contribution in [2.24, 2.45) is 5.73 Å². The van der Waals surface area contributed by atoms with Crippen LogP contribution in [0.2, 0.25) is 0 Å². The number of nitrogens with zero attached hydrogens (tertiary/aromatic N) is 6. The molecule has 0 saturated carbocycles. The Morgan fingerprint density at radius 2 is 1.81 bits per heavy atom. The Labute approximate surface area is 122 Å². The van der Waals surface area contributed by atoms with Crippen LogP contribution in [0.5, 0.6) is 0 Å². The summed E-state index contributed by atoms with van der Waals surface area (Å²) in [5.41, 5.74) is 6.26. The zero-order valence-electron chi connectivity index (χ0n) is 12.2. The zero-order valence-corrected chi connectivity index (χ0v) is 12.2. The van der Waals surface area contributed by atoms with Crippen LogP contribution in [-0.2, 0) is 6.54 Å². The number of aromatic nitrogens is 4. The maximum atomic E-state index is 11.1. The van der Waals surface area contributed by atoms with E-state index in [2.05, 4.69) is 19.9 Å². The second kappa shape index (κ2) is 6.12. The normalized spacial score (nSPS) is 10.2. The molecule has 8 nitrogen and oxygen atoms in total. The molecule has 1 amide bonds. The molecule has 0 radical (unpaired) electrons. The predicted octanol–water partition coefficient (Wildman–Crippen LogP) is 0.0679. The average molecular weight is 287 g/mol. The van der Waals surface area contributed by atoms with Gasteiger partial charge in [0.25, 0.3) is 5.91 Å². The van der Waals surface area contributed by atoms with Crippen LogP contribution in [0.4, 0.5) is 11.8 Å². The van der Waals surface area contributed by atoms with E-state index in [1.54, 1.807) is 18.6 Å². The summed E-state index contributed by atoms with van der Waals surface area (Å²) in [5, 5.41) is 0. The fraction of sp³-hybridized carbons (Fsp3) is 0.308. The van der Waals surface area contributed by atoms with Crippen LogP contribution in [0.3, 0.4) is 0 Å². The van der Waals surface area contributed by atoms with Gasteiger partial charge in [-0.05, 0) is 0 Å². The highest BCUT2D eigenvalue weighted by Gasteiger charge is 2.09. The van der Waals surface area contributed by atoms with Crippen molar-refractivity contribution in [3.63, 3.8) is 0 Å². The first kappa shape index (κ1) is 14.6. The van der Waals surface area contributed by atoms with Gasteiger partial charge in [0.05, 0.1) is 12.4 Å². The second-order valence-electron chi connectivity index (χ2n) is 4.77. The van der Waals surface area contributed by atoms with E-state index in [1.165, 1.54) is 6.20 Å². The molecule has 0 saturated heterocycles. The molecular weight excluding hydrogens is 270 g/mol. The Morgan fingerprint density at radius 1 is 1.14 bits per heavy atom. The average Bonchev–Trinajstić information content (AvgIpc) is 2.48. The van der Waals surface area contributed by atoms with Gasteiger partial charge < -0.3 is 15.5 Å². The van der Waals surface area contributed by atoms with Crippen LogP contribution in [-0.4, -0.2) is 47.0 Å². The fourth-order valence-electron chi connectivity index (χ4n) is 1.67. The summed E-state index contributed by atoms with van der Waals surface area (Å²) in [6.45, 7) is 0.546. The smallest absolute Gasteiger partial charge is 0.268 e. The molecule has 0 spiro atoms. The molecule has 110 valence electrons. The summed E-state index contributed by atoms with van der Waals surface area (Å²) < 4.78 is 0. The molecule has 2 aromatic rings. The summed E-state index contributed by atoms with van der Waals surface area (Å²) >= 11 is 0. The summed E-state index contributed by atoms with van der Waals surface area (Å²) in [7, 11) is 5.60. The van der Waals surface area contributed by atoms with Gasteiger partial charge in [0, 0.05) is 45.6 Å². The van der Waals surface area contributed by atoms with Crippen molar-refractivity contribution in [3.8, 4) is 0 Å². The van der Waals surface area contributed by atoms with Gasteiger partial charge in [-0.2, -0.15) is 0 Å². The van der Waals surface area contributed by atoms with E-state index in [0.717, 1.165) is 5.56 Å². The fourth-order valence-corrected chi connectivity index (χ4v) is 1.67. The van der Waals surface area contributed by atoms with Crippen LogP contribution in [0.15, 0.2) is 24.8 Å². The molecule has 0 aliphatic rings. The van der Waals surface area contributed by atoms with E-state index in [9.17, 15) is 4.79 Å². The summed E-state index contributed by atoms with van der Waals surface area (Å²) in [4.78, 5) is 31.4. The van der Waals surface area contributed by atoms with Crippen molar-refractivity contribution in [1.82, 2.24) is 19.9 Å². The van der Waals surface area contributed by atoms with Crippen molar-refractivity contribution in [3.05, 3.63) is 36.0 Å². The molecule has 8 heteroatoms. The van der Waals surface area contributed by atoms with E-state index in [1.807, 2.05) is 30.9 Å². The minimum atomic E-state index is -0.601. The number of nitrogens with two attached hydrogens (primary N) is 1. The van der Waals surface area contributed by atoms with E-state index in [4.69, 9.17) is 5.73 Å². The van der Waals surface area contributed by atoms with Crippen molar-refractivity contribution in [1.29, 1.82) is 0 Å². The van der Waals surface area contributed by atoms with Crippen LogP contribution in [0.25, 0.3) is 0 Å². The Hall–Kier alpha value is -2.77. The third kappa shape index (κ3) is 3.62. The molecule has 0 aliphatic heterocycles. The molecule has 2 rings (SSSR count). The molecule has 0 aliphatic carbocycles. The monoisotopic (exact) mass is 287 g/mol. The first-order valence-corrected chi connectivity index (χ1v) is 6.28. The largest absolute Gasteiger partial charge is 0.364 e. The molecular formula is C13H17N7O. The highest BCUT2D eigenvalue weighted by Crippen LogP contribution is 2.12. The number of hydrogen-bond donors (Lipinski definition) is 1. The Balaban J connectivity index is 2.12. The first-order chi connectivity index (χ1) is 9.97. The first-order valence-electron chi connectivity index (χ1n) is 6.28. The van der Waals surface area contributed by atoms with E-state index in [-0.39, 0.29) is 5.69 Å². The van der Waals surface area contributed by atoms with Crippen LogP contribution in [0.1, 0.15) is 16.1 Å². The maximum Gasteiger partial charge on any atom is 0.268 e. The van der Waals surface area contributed by atoms with Gasteiger partial charge in [0.2, 0.25) is 5.95 Å². The number of carbonyl (C=O) groups excluding carboxylic acids is 1.